The van der Waals surface area contributed by atoms with Crippen molar-refractivity contribution in [3.8, 4) is 11.1 Å². The van der Waals surface area contributed by atoms with Crippen LogP contribution in [0, 0.1) is 35.8 Å². The molecule has 1 aliphatic carbocycles. The number of rotatable bonds is 13. The van der Waals surface area contributed by atoms with Crippen LogP contribution in [0.4, 0.5) is 17.1 Å². The van der Waals surface area contributed by atoms with E-state index in [2.05, 4.69) is 0 Å². The van der Waals surface area contributed by atoms with E-state index in [4.69, 9.17) is 14.3 Å². The standard InChI is InChI=1S/C22H19N3O11.C5H8O2.CH2O.H2/c1-4-22(2,3)21(28)36-6-5-35-20(27)11-7-13-17(15(8-11)24(31)32)18-14(19(13)26)9-12(23(29)30)10-16(18)25(33)34;6-4-2-1-3-5-7;1-2;/h7-10H,4-6H2,1-3H3;4-5H,1-3H2;1H2;1H/i;;;1+1. The van der Waals surface area contributed by atoms with Crippen LogP contribution < -0.4 is 0 Å². The first-order valence-electron chi connectivity index (χ1n) is 13.1. The summed E-state index contributed by atoms with van der Waals surface area (Å²) in [6.45, 7) is 6.51. The van der Waals surface area contributed by atoms with Crippen molar-refractivity contribution in [2.75, 3.05) is 13.2 Å². The first-order chi connectivity index (χ1) is 21.2. The van der Waals surface area contributed by atoms with Crippen molar-refractivity contribution in [2.45, 2.75) is 46.5 Å². The van der Waals surface area contributed by atoms with Crippen LogP contribution in [0.3, 0.4) is 0 Å². The number of benzene rings is 2. The number of hydrogen-bond donors (Lipinski definition) is 0. The van der Waals surface area contributed by atoms with Crippen LogP contribution in [-0.2, 0) is 28.7 Å². The Kier molecular flexibility index (Phi) is 13.9. The topological polar surface area (TPSA) is 250 Å². The fraction of sp³-hybridized carbons (Fsp3) is 0.357. The Labute approximate surface area is 256 Å². The number of carbonyl (C=O) groups is 6. The quantitative estimate of drug-likeness (QED) is 0.0832. The van der Waals surface area contributed by atoms with Gasteiger partial charge in [-0.25, -0.2) is 4.79 Å². The lowest BCUT2D eigenvalue weighted by Gasteiger charge is -2.20. The van der Waals surface area contributed by atoms with Crippen molar-refractivity contribution in [3.63, 3.8) is 0 Å². The summed E-state index contributed by atoms with van der Waals surface area (Å²) < 4.78 is 10.0. The number of carbonyl (C=O) groups excluding carboxylic acids is 6. The summed E-state index contributed by atoms with van der Waals surface area (Å²) in [5.74, 6) is -2.54. The van der Waals surface area contributed by atoms with Gasteiger partial charge < -0.3 is 23.9 Å². The van der Waals surface area contributed by atoms with Gasteiger partial charge in [-0.05, 0) is 32.8 Å². The molecule has 0 aliphatic heterocycles. The molecule has 2 aromatic carbocycles. The average Bonchev–Trinajstić information content (AvgIpc) is 3.30. The number of esters is 2. The number of hydrogen-bond acceptors (Lipinski definition) is 14. The highest BCUT2D eigenvalue weighted by Crippen LogP contribution is 2.49. The number of non-ortho nitro benzene ring substituents is 1. The summed E-state index contributed by atoms with van der Waals surface area (Å²) in [4.78, 5) is 96.3. The largest absolute Gasteiger partial charge is 0.462 e. The van der Waals surface area contributed by atoms with Gasteiger partial charge in [0.15, 0.2) is 5.78 Å². The lowest BCUT2D eigenvalue weighted by atomic mass is 9.91. The van der Waals surface area contributed by atoms with Gasteiger partial charge in [0, 0.05) is 37.5 Å². The summed E-state index contributed by atoms with van der Waals surface area (Å²) in [7, 11) is 0. The minimum atomic E-state index is -1.07. The van der Waals surface area contributed by atoms with E-state index in [0.29, 0.717) is 31.7 Å². The molecule has 0 spiro atoms. The maximum absolute atomic E-state index is 13.0. The third-order valence-electron chi connectivity index (χ3n) is 6.43. The summed E-state index contributed by atoms with van der Waals surface area (Å²) in [5, 5.41) is 34.5. The molecule has 3 rings (SSSR count). The molecule has 0 heterocycles. The van der Waals surface area contributed by atoms with E-state index in [1.165, 1.54) is 0 Å². The van der Waals surface area contributed by atoms with Gasteiger partial charge in [-0.3, -0.25) is 39.9 Å². The Morgan fingerprint density at radius 3 is 1.80 bits per heavy atom. The summed E-state index contributed by atoms with van der Waals surface area (Å²) in [6, 6.07) is 3.16. The second-order valence-electron chi connectivity index (χ2n) is 9.68. The highest BCUT2D eigenvalue weighted by molar-refractivity contribution is 6.25. The monoisotopic (exact) mass is 634 g/mol. The zero-order valence-electron chi connectivity index (χ0n) is 24.5. The fourth-order valence-electron chi connectivity index (χ4n) is 3.75. The van der Waals surface area contributed by atoms with Gasteiger partial charge >= 0.3 is 11.9 Å². The van der Waals surface area contributed by atoms with E-state index in [0.717, 1.165) is 30.8 Å². The number of ether oxygens (including phenoxy) is 2. The van der Waals surface area contributed by atoms with Gasteiger partial charge in [0.1, 0.15) is 32.6 Å². The summed E-state index contributed by atoms with van der Waals surface area (Å²) in [5.41, 5.74) is -5.28. The lowest BCUT2D eigenvalue weighted by Crippen LogP contribution is -2.27. The number of aldehydes is 2. The Morgan fingerprint density at radius 1 is 0.844 bits per heavy atom. The number of unbranched alkanes of at least 4 members (excludes halogenated alkanes) is 2. The zero-order chi connectivity index (χ0) is 34.5. The highest BCUT2D eigenvalue weighted by Gasteiger charge is 2.41. The first-order valence-corrected chi connectivity index (χ1v) is 13.1. The molecule has 0 amide bonds. The lowest BCUT2D eigenvalue weighted by molar-refractivity contribution is -0.394. The molecule has 17 nitrogen and oxygen atoms in total. The van der Waals surface area contributed by atoms with Crippen LogP contribution in [0.5, 0.6) is 0 Å². The van der Waals surface area contributed by atoms with Crippen molar-refractivity contribution >= 4 is 54.1 Å². The SMILES string of the molecule is C=O.CCC(C)(C)C(=O)OCCOC(=O)c1cc2c(c([N+](=O)[O-])c1)-c1c(cc([N+](=O)[O-])cc1[N+](=O)[O-])C2=O.O=CCCCC=O.[2HH]. The smallest absolute Gasteiger partial charge is 0.338 e. The van der Waals surface area contributed by atoms with Gasteiger partial charge in [0.2, 0.25) is 0 Å². The van der Waals surface area contributed by atoms with Crippen molar-refractivity contribution in [3.05, 3.63) is 71.3 Å². The second-order valence-corrected chi connectivity index (χ2v) is 9.68. The third-order valence-corrected chi connectivity index (χ3v) is 6.43. The molecule has 0 N–H and O–H groups in total. The second kappa shape index (κ2) is 16.8. The third kappa shape index (κ3) is 9.12. The minimum absolute atomic E-state index is 0. The van der Waals surface area contributed by atoms with E-state index < -0.39 is 82.8 Å². The molecule has 0 saturated carbocycles. The predicted octanol–water partition coefficient (Wildman–Crippen LogP) is 4.37. The van der Waals surface area contributed by atoms with E-state index in [-0.39, 0.29) is 14.6 Å². The predicted molar refractivity (Wildman–Crippen MR) is 156 cm³/mol. The Balaban J connectivity index is 0.00000179. The highest BCUT2D eigenvalue weighted by atomic mass is 16.6. The molecule has 2 aromatic rings. The van der Waals surface area contributed by atoms with E-state index in [1.807, 2.05) is 6.79 Å². The molecule has 0 fully saturated rings. The van der Waals surface area contributed by atoms with Crippen LogP contribution in [-0.4, -0.2) is 65.1 Å². The zero-order valence-corrected chi connectivity index (χ0v) is 24.5. The molecule has 0 radical (unpaired) electrons. The average molecular weight is 635 g/mol. The van der Waals surface area contributed by atoms with E-state index in [9.17, 15) is 54.3 Å². The Bertz CT molecular complexity index is 1520. The van der Waals surface area contributed by atoms with Crippen LogP contribution in [0.2, 0.25) is 0 Å². The van der Waals surface area contributed by atoms with E-state index >= 15 is 0 Å². The number of fused-ring (bicyclic) bond motifs is 3. The normalized spacial score (nSPS) is 10.9. The molecule has 242 valence electrons. The molecular formula is C28H31N3O14. The summed E-state index contributed by atoms with van der Waals surface area (Å²) in [6.07, 6.45) is 3.89. The maximum atomic E-state index is 13.0. The minimum Gasteiger partial charge on any atom is -0.462 e. The summed E-state index contributed by atoms with van der Waals surface area (Å²) >= 11 is 0. The first kappa shape index (κ1) is 37.3. The van der Waals surface area contributed by atoms with Crippen LogP contribution in [0.15, 0.2) is 24.3 Å². The molecule has 0 aromatic heterocycles. The van der Waals surface area contributed by atoms with Crippen LogP contribution >= 0.6 is 0 Å². The number of nitro benzene ring substituents is 3. The molecule has 45 heavy (non-hydrogen) atoms. The number of nitro groups is 3. The van der Waals surface area contributed by atoms with E-state index in [1.54, 1.807) is 20.8 Å². The van der Waals surface area contributed by atoms with Crippen molar-refractivity contribution in [1.82, 2.24) is 0 Å². The van der Waals surface area contributed by atoms with Crippen molar-refractivity contribution < 1.29 is 54.4 Å². The molecule has 0 atom stereocenters. The van der Waals surface area contributed by atoms with Gasteiger partial charge in [-0.1, -0.05) is 6.92 Å². The molecule has 0 bridgehead atoms. The fourth-order valence-corrected chi connectivity index (χ4v) is 3.75. The van der Waals surface area contributed by atoms with Gasteiger partial charge in [0.25, 0.3) is 17.1 Å². The Hall–Kier alpha value is -5.74. The molecule has 17 heteroatoms. The van der Waals surface area contributed by atoms with Gasteiger partial charge in [-0.15, -0.1) is 0 Å². The van der Waals surface area contributed by atoms with Gasteiger partial charge in [-0.2, -0.15) is 0 Å². The molecule has 0 saturated heterocycles. The Morgan fingerprint density at radius 2 is 1.33 bits per heavy atom. The van der Waals surface area contributed by atoms with Crippen LogP contribution in [0.1, 0.15) is 74.2 Å². The van der Waals surface area contributed by atoms with Crippen LogP contribution in [0.25, 0.3) is 11.1 Å². The maximum Gasteiger partial charge on any atom is 0.338 e. The molecular weight excluding hydrogens is 602 g/mol. The van der Waals surface area contributed by atoms with Gasteiger partial charge in [0.05, 0.1) is 42.9 Å². The number of nitrogens with zero attached hydrogens (tertiary/aromatic N) is 3. The van der Waals surface area contributed by atoms with Crippen molar-refractivity contribution in [2.24, 2.45) is 5.41 Å². The molecule has 0 unspecified atom stereocenters. The number of ketones is 1. The van der Waals surface area contributed by atoms with Crippen molar-refractivity contribution in [1.29, 1.82) is 0 Å². The molecule has 1 aliphatic rings.